The molecule has 3 rings (SSSR count). The minimum absolute atomic E-state index is 0.00200. The lowest BCUT2D eigenvalue weighted by Crippen LogP contribution is -2.40. The second kappa shape index (κ2) is 11.7. The highest BCUT2D eigenvalue weighted by molar-refractivity contribution is 5.95. The number of hydrogen-bond donors (Lipinski definition) is 6. The van der Waals surface area contributed by atoms with Crippen molar-refractivity contribution in [2.24, 2.45) is 22.6 Å². The fourth-order valence-corrected chi connectivity index (χ4v) is 3.33. The number of amidine groups is 3. The van der Waals surface area contributed by atoms with Gasteiger partial charge < -0.3 is 31.4 Å². The van der Waals surface area contributed by atoms with Gasteiger partial charge in [0.1, 0.15) is 54.6 Å². The van der Waals surface area contributed by atoms with Crippen molar-refractivity contribution in [3.8, 4) is 17.2 Å². The van der Waals surface area contributed by atoms with Crippen molar-refractivity contribution < 1.29 is 14.2 Å². The third-order valence-corrected chi connectivity index (χ3v) is 5.88. The summed E-state index contributed by atoms with van der Waals surface area (Å²) in [5.74, 6) is 1.94. The lowest BCUT2D eigenvalue weighted by molar-refractivity contribution is 0.0293. The highest BCUT2D eigenvalue weighted by Crippen LogP contribution is 2.28. The third-order valence-electron chi connectivity index (χ3n) is 5.88. The highest BCUT2D eigenvalue weighted by Gasteiger charge is 2.32. The zero-order valence-electron chi connectivity index (χ0n) is 20.2. The molecule has 3 aromatic carbocycles. The van der Waals surface area contributed by atoms with Crippen LogP contribution in [0.4, 0.5) is 0 Å². The molecule has 0 aromatic heterocycles. The number of hydrogen-bond acceptors (Lipinski definition) is 6. The van der Waals surface area contributed by atoms with Crippen LogP contribution in [0.15, 0.2) is 72.8 Å². The second-order valence-electron chi connectivity index (χ2n) is 8.53. The monoisotopic (exact) mass is 488 g/mol. The molecule has 3 aromatic rings. The Morgan fingerprint density at radius 3 is 1.00 bits per heavy atom. The van der Waals surface area contributed by atoms with E-state index in [1.807, 2.05) is 6.92 Å². The van der Waals surface area contributed by atoms with Crippen LogP contribution in [0.1, 0.15) is 30.0 Å². The van der Waals surface area contributed by atoms with E-state index in [-0.39, 0.29) is 17.5 Å². The normalized spacial score (nSPS) is 12.2. The number of ether oxygens (including phenoxy) is 3. The van der Waals surface area contributed by atoms with Gasteiger partial charge in [0, 0.05) is 16.7 Å². The summed E-state index contributed by atoms with van der Waals surface area (Å²) in [6, 6.07) is 21.1. The lowest BCUT2D eigenvalue weighted by atomic mass is 9.88. The predicted molar refractivity (Wildman–Crippen MR) is 142 cm³/mol. The van der Waals surface area contributed by atoms with Gasteiger partial charge in [-0.2, -0.15) is 0 Å². The van der Waals surface area contributed by atoms with Crippen LogP contribution in [-0.2, 0) is 0 Å². The van der Waals surface area contributed by atoms with E-state index in [2.05, 4.69) is 0 Å². The Hall–Kier alpha value is -4.53. The zero-order chi connectivity index (χ0) is 26.1. The van der Waals surface area contributed by atoms with Crippen molar-refractivity contribution in [3.63, 3.8) is 0 Å². The molecule has 0 aliphatic carbocycles. The van der Waals surface area contributed by atoms with Gasteiger partial charge in [0.25, 0.3) is 0 Å². The average Bonchev–Trinajstić information content (AvgIpc) is 2.89. The van der Waals surface area contributed by atoms with Crippen molar-refractivity contribution in [2.75, 3.05) is 19.8 Å². The molecule has 9 nitrogen and oxygen atoms in total. The van der Waals surface area contributed by atoms with Gasteiger partial charge in [-0.25, -0.2) is 0 Å². The fourth-order valence-electron chi connectivity index (χ4n) is 3.33. The van der Waals surface area contributed by atoms with Gasteiger partial charge in [-0.15, -0.1) is 0 Å². The first-order valence-corrected chi connectivity index (χ1v) is 11.4. The molecule has 0 fully saturated rings. The second-order valence-corrected chi connectivity index (χ2v) is 8.53. The van der Waals surface area contributed by atoms with E-state index in [0.717, 1.165) is 0 Å². The topological polar surface area (TPSA) is 177 Å². The first kappa shape index (κ1) is 26.1. The molecule has 0 heterocycles. The molecule has 0 unspecified atom stereocenters. The molecule has 0 spiro atoms. The van der Waals surface area contributed by atoms with Crippen LogP contribution in [0.25, 0.3) is 0 Å². The largest absolute Gasteiger partial charge is 0.493 e. The molecular weight excluding hydrogens is 456 g/mol. The number of rotatable bonds is 13. The third kappa shape index (κ3) is 6.99. The Bertz CT molecular complexity index is 1040. The van der Waals surface area contributed by atoms with Gasteiger partial charge in [0.2, 0.25) is 0 Å². The van der Waals surface area contributed by atoms with E-state index < -0.39 is 5.41 Å². The number of benzene rings is 3. The van der Waals surface area contributed by atoms with Gasteiger partial charge in [-0.05, 0) is 79.2 Å². The van der Waals surface area contributed by atoms with Crippen LogP contribution in [0.3, 0.4) is 0 Å². The Labute approximate surface area is 210 Å². The highest BCUT2D eigenvalue weighted by atomic mass is 16.5. The molecular formula is C27H32N6O3. The summed E-state index contributed by atoms with van der Waals surface area (Å²) in [6.45, 7) is 3.01. The van der Waals surface area contributed by atoms with Gasteiger partial charge >= 0.3 is 0 Å². The van der Waals surface area contributed by atoms with Crippen LogP contribution in [0.2, 0.25) is 0 Å². The van der Waals surface area contributed by atoms with Crippen LogP contribution in [0, 0.1) is 21.6 Å². The van der Waals surface area contributed by atoms with Crippen molar-refractivity contribution in [3.05, 3.63) is 89.5 Å². The maximum atomic E-state index is 7.55. The van der Waals surface area contributed by atoms with Crippen molar-refractivity contribution >= 4 is 17.5 Å². The SMILES string of the molecule is CCC(COc1ccc(C(=N)N)cc1)(COc1ccc(C(=N)N)cc1)COc1ccc(C(=N)N)cc1. The molecule has 0 atom stereocenters. The maximum Gasteiger partial charge on any atom is 0.122 e. The predicted octanol–water partition coefficient (Wildman–Crippen LogP) is 3.47. The van der Waals surface area contributed by atoms with E-state index in [1.165, 1.54) is 0 Å². The maximum absolute atomic E-state index is 7.55. The smallest absolute Gasteiger partial charge is 0.122 e. The van der Waals surface area contributed by atoms with Crippen LogP contribution < -0.4 is 31.4 Å². The molecule has 9 N–H and O–H groups in total. The van der Waals surface area contributed by atoms with Crippen molar-refractivity contribution in [1.82, 2.24) is 0 Å². The quantitative estimate of drug-likeness (QED) is 0.158. The fraction of sp³-hybridized carbons (Fsp3) is 0.222. The van der Waals surface area contributed by atoms with Crippen LogP contribution >= 0.6 is 0 Å². The first-order valence-electron chi connectivity index (χ1n) is 11.4. The Morgan fingerprint density at radius 2 is 0.806 bits per heavy atom. The summed E-state index contributed by atoms with van der Waals surface area (Å²) in [7, 11) is 0. The lowest BCUT2D eigenvalue weighted by Gasteiger charge is -2.32. The first-order chi connectivity index (χ1) is 17.2. The minimum Gasteiger partial charge on any atom is -0.493 e. The summed E-state index contributed by atoms with van der Waals surface area (Å²) in [4.78, 5) is 0. The zero-order valence-corrected chi connectivity index (χ0v) is 20.2. The Morgan fingerprint density at radius 1 is 0.556 bits per heavy atom. The van der Waals surface area contributed by atoms with E-state index in [1.54, 1.807) is 72.8 Å². The molecule has 0 aliphatic rings. The molecule has 0 aliphatic heterocycles. The van der Waals surface area contributed by atoms with Gasteiger partial charge in [-0.1, -0.05) is 6.92 Å². The molecule has 0 saturated heterocycles. The van der Waals surface area contributed by atoms with Gasteiger partial charge in [0.05, 0.1) is 5.41 Å². The standard InChI is InChI=1S/C27H32N6O3/c1-2-27(15-34-21-9-3-18(4-10-21)24(28)29,16-35-22-11-5-19(6-12-22)25(30)31)17-36-23-13-7-20(8-14-23)26(32)33/h3-14H,2,15-17H2,1H3,(H3,28,29)(H3,30,31)(H3,32,33). The van der Waals surface area contributed by atoms with Crippen LogP contribution in [0.5, 0.6) is 17.2 Å². The Balaban J connectivity index is 1.75. The molecule has 0 bridgehead atoms. The van der Waals surface area contributed by atoms with Crippen molar-refractivity contribution in [1.29, 1.82) is 16.2 Å². The molecule has 0 radical (unpaired) electrons. The number of nitrogens with two attached hydrogens (primary N) is 3. The van der Waals surface area contributed by atoms with Gasteiger partial charge in [0.15, 0.2) is 0 Å². The summed E-state index contributed by atoms with van der Waals surface area (Å²) < 4.78 is 18.3. The number of nitrogen functional groups attached to an aromatic ring is 3. The molecule has 0 saturated carbocycles. The minimum atomic E-state index is -0.502. The average molecular weight is 489 g/mol. The molecule has 188 valence electrons. The summed E-state index contributed by atoms with van der Waals surface area (Å²) in [6.07, 6.45) is 0.704. The molecule has 9 heteroatoms. The summed E-state index contributed by atoms with van der Waals surface area (Å²) >= 11 is 0. The van der Waals surface area contributed by atoms with E-state index >= 15 is 0 Å². The Kier molecular flexibility index (Phi) is 8.51. The molecule has 36 heavy (non-hydrogen) atoms. The van der Waals surface area contributed by atoms with E-state index in [0.29, 0.717) is 60.2 Å². The van der Waals surface area contributed by atoms with Gasteiger partial charge in [-0.3, -0.25) is 16.2 Å². The van der Waals surface area contributed by atoms with E-state index in [9.17, 15) is 0 Å². The van der Waals surface area contributed by atoms with E-state index in [4.69, 9.17) is 47.6 Å². The van der Waals surface area contributed by atoms with Crippen LogP contribution in [-0.4, -0.2) is 37.3 Å². The molecule has 0 amide bonds. The summed E-state index contributed by atoms with van der Waals surface area (Å²) in [5, 5.41) is 22.6. The summed E-state index contributed by atoms with van der Waals surface area (Å²) in [5.41, 5.74) is 18.0. The van der Waals surface area contributed by atoms with Crippen molar-refractivity contribution in [2.45, 2.75) is 13.3 Å². The number of nitrogens with one attached hydrogen (secondary N) is 3.